The first-order chi connectivity index (χ1) is 8.88. The molecule has 0 aliphatic carbocycles. The summed E-state index contributed by atoms with van der Waals surface area (Å²) in [5.41, 5.74) is 5.91. The summed E-state index contributed by atoms with van der Waals surface area (Å²) in [6, 6.07) is 4.30. The zero-order valence-electron chi connectivity index (χ0n) is 10.8. The van der Waals surface area contributed by atoms with Crippen LogP contribution in [0.1, 0.15) is 12.8 Å². The van der Waals surface area contributed by atoms with Crippen LogP contribution in [0.2, 0.25) is 5.02 Å². The molecule has 7 heteroatoms. The van der Waals surface area contributed by atoms with E-state index in [4.69, 9.17) is 17.3 Å². The van der Waals surface area contributed by atoms with Gasteiger partial charge < -0.3 is 10.6 Å². The van der Waals surface area contributed by atoms with Crippen molar-refractivity contribution >= 4 is 27.3 Å². The van der Waals surface area contributed by atoms with E-state index in [1.807, 2.05) is 7.05 Å². The molecule has 1 fully saturated rings. The first-order valence-corrected chi connectivity index (χ1v) is 8.00. The minimum absolute atomic E-state index is 0.0550. The largest absolute Gasteiger partial charge is 0.397 e. The van der Waals surface area contributed by atoms with Gasteiger partial charge in [0.25, 0.3) is 0 Å². The Hall–Kier alpha value is -0.820. The van der Waals surface area contributed by atoms with Crippen molar-refractivity contribution in [2.75, 3.05) is 25.9 Å². The summed E-state index contributed by atoms with van der Waals surface area (Å²) in [6.07, 6.45) is 1.85. The average Bonchev–Trinajstić information content (AvgIpc) is 2.32. The third kappa shape index (κ3) is 3.60. The lowest BCUT2D eigenvalue weighted by Crippen LogP contribution is -2.46. The highest BCUT2D eigenvalue weighted by Crippen LogP contribution is 2.22. The van der Waals surface area contributed by atoms with E-state index in [0.29, 0.717) is 5.02 Å². The van der Waals surface area contributed by atoms with Crippen LogP contribution in [0.5, 0.6) is 0 Å². The molecule has 1 heterocycles. The normalized spacial score (nSPS) is 21.5. The summed E-state index contributed by atoms with van der Waals surface area (Å²) in [5, 5.41) is 0.358. The van der Waals surface area contributed by atoms with E-state index in [9.17, 15) is 8.42 Å². The molecule has 1 saturated heterocycles. The molecule has 1 aromatic rings. The summed E-state index contributed by atoms with van der Waals surface area (Å²) in [5.74, 6) is 0. The quantitative estimate of drug-likeness (QED) is 0.825. The van der Waals surface area contributed by atoms with Gasteiger partial charge >= 0.3 is 0 Å². The maximum absolute atomic E-state index is 12.2. The molecule has 0 amide bonds. The van der Waals surface area contributed by atoms with E-state index in [0.717, 1.165) is 25.9 Å². The zero-order chi connectivity index (χ0) is 14.0. The van der Waals surface area contributed by atoms with Gasteiger partial charge in [-0.15, -0.1) is 0 Å². The van der Waals surface area contributed by atoms with Gasteiger partial charge in [0.1, 0.15) is 0 Å². The van der Waals surface area contributed by atoms with E-state index in [2.05, 4.69) is 9.62 Å². The number of anilines is 1. The van der Waals surface area contributed by atoms with Crippen molar-refractivity contribution in [1.29, 1.82) is 0 Å². The lowest BCUT2D eigenvalue weighted by molar-refractivity contribution is 0.242. The van der Waals surface area contributed by atoms with Gasteiger partial charge in [-0.25, -0.2) is 13.1 Å². The van der Waals surface area contributed by atoms with Gasteiger partial charge in [-0.1, -0.05) is 11.6 Å². The molecule has 1 aliphatic heterocycles. The molecule has 1 atom stereocenters. The predicted molar refractivity (Wildman–Crippen MR) is 76.7 cm³/mol. The predicted octanol–water partition coefficient (Wildman–Crippen LogP) is 1.29. The van der Waals surface area contributed by atoms with E-state index < -0.39 is 10.0 Å². The number of piperidine rings is 1. The number of halogens is 1. The summed E-state index contributed by atoms with van der Waals surface area (Å²) in [7, 11) is -1.55. The molecule has 3 N–H and O–H groups in total. The van der Waals surface area contributed by atoms with Crippen LogP contribution in [0, 0.1) is 0 Å². The van der Waals surface area contributed by atoms with Crippen LogP contribution in [0.4, 0.5) is 5.69 Å². The molecular weight excluding hydrogens is 286 g/mol. The minimum atomic E-state index is -3.54. The molecule has 0 bridgehead atoms. The van der Waals surface area contributed by atoms with Crippen molar-refractivity contribution in [3.05, 3.63) is 23.2 Å². The van der Waals surface area contributed by atoms with Crippen LogP contribution < -0.4 is 10.5 Å². The number of likely N-dealkylation sites (N-methyl/N-ethyl adjacent to an activating group) is 1. The number of sulfonamides is 1. The summed E-state index contributed by atoms with van der Waals surface area (Å²) in [6.45, 7) is 1.73. The first-order valence-electron chi connectivity index (χ1n) is 6.14. The highest BCUT2D eigenvalue weighted by atomic mass is 35.5. The summed E-state index contributed by atoms with van der Waals surface area (Å²) < 4.78 is 27.2. The van der Waals surface area contributed by atoms with Gasteiger partial charge in [-0.2, -0.15) is 0 Å². The number of hydrogen-bond donors (Lipinski definition) is 2. The molecule has 19 heavy (non-hydrogen) atoms. The maximum atomic E-state index is 12.2. The second kappa shape index (κ2) is 5.66. The Kier molecular flexibility index (Phi) is 4.35. The Bertz CT molecular complexity index is 562. The molecule has 1 aliphatic rings. The van der Waals surface area contributed by atoms with Crippen LogP contribution in [0.25, 0.3) is 0 Å². The van der Waals surface area contributed by atoms with E-state index in [-0.39, 0.29) is 16.6 Å². The zero-order valence-corrected chi connectivity index (χ0v) is 12.3. The number of nitrogens with zero attached hydrogens (tertiary/aromatic N) is 1. The van der Waals surface area contributed by atoms with Gasteiger partial charge in [-0.3, -0.25) is 0 Å². The second-order valence-electron chi connectivity index (χ2n) is 4.91. The second-order valence-corrected chi connectivity index (χ2v) is 7.03. The lowest BCUT2D eigenvalue weighted by atomic mass is 10.1. The minimum Gasteiger partial charge on any atom is -0.397 e. The number of nitrogens with one attached hydrogen (secondary N) is 1. The Labute approximate surface area is 118 Å². The molecule has 2 rings (SSSR count). The van der Waals surface area contributed by atoms with Gasteiger partial charge in [-0.05, 0) is 44.6 Å². The number of likely N-dealkylation sites (tertiary alicyclic amines) is 1. The number of hydrogen-bond acceptors (Lipinski definition) is 4. The number of nitrogens with two attached hydrogens (primary N) is 1. The van der Waals surface area contributed by atoms with Crippen LogP contribution in [-0.2, 0) is 10.0 Å². The Morgan fingerprint density at radius 3 is 2.84 bits per heavy atom. The lowest BCUT2D eigenvalue weighted by Gasteiger charge is -2.30. The highest BCUT2D eigenvalue weighted by molar-refractivity contribution is 7.89. The number of benzene rings is 1. The van der Waals surface area contributed by atoms with Crippen LogP contribution in [-0.4, -0.2) is 39.5 Å². The molecule has 5 nitrogen and oxygen atoms in total. The van der Waals surface area contributed by atoms with Crippen molar-refractivity contribution in [1.82, 2.24) is 9.62 Å². The van der Waals surface area contributed by atoms with Crippen LogP contribution in [0.3, 0.4) is 0 Å². The van der Waals surface area contributed by atoms with E-state index in [1.54, 1.807) is 0 Å². The molecular formula is C12H18ClN3O2S. The Morgan fingerprint density at radius 1 is 1.47 bits per heavy atom. The van der Waals surface area contributed by atoms with Gasteiger partial charge in [0, 0.05) is 12.6 Å². The Morgan fingerprint density at radius 2 is 2.21 bits per heavy atom. The van der Waals surface area contributed by atoms with Gasteiger partial charge in [0.15, 0.2) is 0 Å². The fraction of sp³-hybridized carbons (Fsp3) is 0.500. The van der Waals surface area contributed by atoms with Gasteiger partial charge in [0.05, 0.1) is 15.6 Å². The Balaban J connectivity index is 2.15. The molecule has 1 aromatic carbocycles. The number of nitrogen functional groups attached to an aromatic ring is 1. The van der Waals surface area contributed by atoms with Crippen molar-refractivity contribution in [2.45, 2.75) is 23.8 Å². The van der Waals surface area contributed by atoms with Gasteiger partial charge in [0.2, 0.25) is 10.0 Å². The highest BCUT2D eigenvalue weighted by Gasteiger charge is 2.24. The van der Waals surface area contributed by atoms with Crippen molar-refractivity contribution in [3.63, 3.8) is 0 Å². The van der Waals surface area contributed by atoms with Crippen LogP contribution >= 0.6 is 11.6 Å². The molecule has 0 saturated carbocycles. The molecule has 0 spiro atoms. The SMILES string of the molecule is CN1CCCC(NS(=O)(=O)c2ccc(Cl)c(N)c2)C1. The monoisotopic (exact) mass is 303 g/mol. The third-order valence-corrected chi connectivity index (χ3v) is 5.09. The fourth-order valence-electron chi connectivity index (χ4n) is 2.24. The number of rotatable bonds is 3. The fourth-order valence-corrected chi connectivity index (χ4v) is 3.65. The average molecular weight is 304 g/mol. The van der Waals surface area contributed by atoms with Crippen LogP contribution in [0.15, 0.2) is 23.1 Å². The van der Waals surface area contributed by atoms with Crippen molar-refractivity contribution in [2.24, 2.45) is 0 Å². The van der Waals surface area contributed by atoms with Crippen molar-refractivity contribution < 1.29 is 8.42 Å². The smallest absolute Gasteiger partial charge is 0.240 e. The van der Waals surface area contributed by atoms with E-state index in [1.165, 1.54) is 18.2 Å². The standard InChI is InChI=1S/C12H18ClN3O2S/c1-16-6-2-3-9(8-16)15-19(17,18)10-4-5-11(13)12(14)7-10/h4-5,7,9,15H,2-3,6,8,14H2,1H3. The topological polar surface area (TPSA) is 75.4 Å². The molecule has 106 valence electrons. The maximum Gasteiger partial charge on any atom is 0.240 e. The molecule has 1 unspecified atom stereocenters. The van der Waals surface area contributed by atoms with Crippen molar-refractivity contribution in [3.8, 4) is 0 Å². The molecule has 0 aromatic heterocycles. The summed E-state index contributed by atoms with van der Waals surface area (Å²) >= 11 is 5.79. The van der Waals surface area contributed by atoms with E-state index >= 15 is 0 Å². The molecule has 0 radical (unpaired) electrons. The third-order valence-electron chi connectivity index (χ3n) is 3.22. The first kappa shape index (κ1) is 14.6. The summed E-state index contributed by atoms with van der Waals surface area (Å²) in [4.78, 5) is 2.27.